The summed E-state index contributed by atoms with van der Waals surface area (Å²) in [7, 11) is 0. The molecule has 4 nitrogen and oxygen atoms in total. The first-order valence-electron chi connectivity index (χ1n) is 7.45. The van der Waals surface area contributed by atoms with Crippen LogP contribution in [0.15, 0.2) is 18.2 Å². The van der Waals surface area contributed by atoms with E-state index in [4.69, 9.17) is 11.6 Å². The molecular weight excluding hydrogens is 288 g/mol. The van der Waals surface area contributed by atoms with Crippen LogP contribution in [0.25, 0.3) is 0 Å². The molecule has 0 saturated carbocycles. The number of anilines is 1. The average molecular weight is 307 g/mol. The zero-order chi connectivity index (χ0) is 15.0. The highest BCUT2D eigenvalue weighted by Gasteiger charge is 2.38. The molecule has 1 atom stereocenters. The molecule has 3 rings (SSSR count). The van der Waals surface area contributed by atoms with Crippen molar-refractivity contribution in [2.75, 3.05) is 18.0 Å². The molecule has 0 aromatic heterocycles. The molecule has 2 saturated heterocycles. The first-order chi connectivity index (χ1) is 10.1. The van der Waals surface area contributed by atoms with Gasteiger partial charge in [-0.05, 0) is 43.9 Å². The highest BCUT2D eigenvalue weighted by atomic mass is 35.5. The van der Waals surface area contributed by atoms with Gasteiger partial charge >= 0.3 is 0 Å². The fourth-order valence-electron chi connectivity index (χ4n) is 3.26. The number of benzene rings is 1. The van der Waals surface area contributed by atoms with E-state index in [9.17, 15) is 9.59 Å². The second-order valence-electron chi connectivity index (χ2n) is 5.72. The standard InChI is InChI=1S/C16H19ClN2O2/c1-11-12(17)5-4-7-13(11)19-10-8-15(20)18-9-3-2-6-14(18)16(19)21/h4-5,7,14H,2-3,6,8-10H2,1H3. The number of amides is 2. The number of halogens is 1. The van der Waals surface area contributed by atoms with Gasteiger partial charge in [0.2, 0.25) is 11.8 Å². The van der Waals surface area contributed by atoms with E-state index in [0.717, 1.165) is 30.5 Å². The van der Waals surface area contributed by atoms with E-state index in [1.165, 1.54) is 0 Å². The summed E-state index contributed by atoms with van der Waals surface area (Å²) in [5.41, 5.74) is 1.72. The number of fused-ring (bicyclic) bond motifs is 1. The lowest BCUT2D eigenvalue weighted by atomic mass is 10.0. The molecule has 2 amide bonds. The lowest BCUT2D eigenvalue weighted by molar-refractivity contribution is -0.138. The average Bonchev–Trinajstić information content (AvgIpc) is 2.62. The van der Waals surface area contributed by atoms with E-state index >= 15 is 0 Å². The third kappa shape index (κ3) is 2.53. The molecule has 2 aliphatic heterocycles. The Morgan fingerprint density at radius 3 is 2.81 bits per heavy atom. The van der Waals surface area contributed by atoms with Gasteiger partial charge in [0.15, 0.2) is 0 Å². The third-order valence-electron chi connectivity index (χ3n) is 4.45. The Kier molecular flexibility index (Phi) is 3.89. The Morgan fingerprint density at radius 1 is 1.19 bits per heavy atom. The van der Waals surface area contributed by atoms with Crippen LogP contribution in [0.4, 0.5) is 5.69 Å². The fraction of sp³-hybridized carbons (Fsp3) is 0.500. The number of carbonyl (C=O) groups excluding carboxylic acids is 2. The summed E-state index contributed by atoms with van der Waals surface area (Å²) in [6.45, 7) is 3.06. The van der Waals surface area contributed by atoms with E-state index < -0.39 is 0 Å². The van der Waals surface area contributed by atoms with Crippen LogP contribution < -0.4 is 4.90 Å². The quantitative estimate of drug-likeness (QED) is 0.800. The van der Waals surface area contributed by atoms with E-state index in [1.807, 2.05) is 25.1 Å². The molecular formula is C16H19ClN2O2. The number of piperidine rings is 1. The molecule has 0 N–H and O–H groups in total. The van der Waals surface area contributed by atoms with Crippen LogP contribution in [0, 0.1) is 6.92 Å². The van der Waals surface area contributed by atoms with Gasteiger partial charge in [0.1, 0.15) is 6.04 Å². The minimum absolute atomic E-state index is 0.0333. The van der Waals surface area contributed by atoms with Gasteiger partial charge in [-0.15, -0.1) is 0 Å². The Labute approximate surface area is 129 Å². The van der Waals surface area contributed by atoms with Crippen molar-refractivity contribution in [1.82, 2.24) is 4.90 Å². The molecule has 0 spiro atoms. The van der Waals surface area contributed by atoms with Gasteiger partial charge in [-0.3, -0.25) is 9.59 Å². The molecule has 0 bridgehead atoms. The van der Waals surface area contributed by atoms with Crippen molar-refractivity contribution in [3.63, 3.8) is 0 Å². The van der Waals surface area contributed by atoms with Gasteiger partial charge in [0, 0.05) is 30.2 Å². The van der Waals surface area contributed by atoms with Gasteiger partial charge < -0.3 is 9.80 Å². The normalized spacial score (nSPS) is 23.0. The van der Waals surface area contributed by atoms with Crippen molar-refractivity contribution in [3.05, 3.63) is 28.8 Å². The first-order valence-corrected chi connectivity index (χ1v) is 7.83. The predicted molar refractivity (Wildman–Crippen MR) is 82.5 cm³/mol. The Morgan fingerprint density at radius 2 is 2.00 bits per heavy atom. The number of carbonyl (C=O) groups is 2. The number of hydrogen-bond acceptors (Lipinski definition) is 2. The second-order valence-corrected chi connectivity index (χ2v) is 6.13. The van der Waals surface area contributed by atoms with Crippen LogP contribution in [-0.2, 0) is 9.59 Å². The van der Waals surface area contributed by atoms with Crippen LogP contribution in [0.1, 0.15) is 31.2 Å². The van der Waals surface area contributed by atoms with Gasteiger partial charge in [0.25, 0.3) is 0 Å². The predicted octanol–water partition coefficient (Wildman–Crippen LogP) is 2.77. The lowest BCUT2D eigenvalue weighted by Gasteiger charge is -2.34. The summed E-state index contributed by atoms with van der Waals surface area (Å²) in [4.78, 5) is 28.6. The Bertz CT molecular complexity index is 588. The number of nitrogens with zero attached hydrogens (tertiary/aromatic N) is 2. The molecule has 0 aliphatic carbocycles. The molecule has 1 aromatic carbocycles. The molecule has 1 unspecified atom stereocenters. The van der Waals surface area contributed by atoms with Gasteiger partial charge in [-0.2, -0.15) is 0 Å². The third-order valence-corrected chi connectivity index (χ3v) is 4.86. The van der Waals surface area contributed by atoms with E-state index in [2.05, 4.69) is 0 Å². The molecule has 2 heterocycles. The topological polar surface area (TPSA) is 40.6 Å². The maximum atomic E-state index is 12.9. The number of rotatable bonds is 1. The molecule has 112 valence electrons. The van der Waals surface area contributed by atoms with Crippen LogP contribution in [0.3, 0.4) is 0 Å². The van der Waals surface area contributed by atoms with Crippen molar-refractivity contribution in [2.24, 2.45) is 0 Å². The van der Waals surface area contributed by atoms with Crippen LogP contribution in [-0.4, -0.2) is 35.8 Å². The minimum Gasteiger partial charge on any atom is -0.331 e. The maximum Gasteiger partial charge on any atom is 0.249 e. The molecule has 1 aromatic rings. The zero-order valence-corrected chi connectivity index (χ0v) is 12.9. The van der Waals surface area contributed by atoms with Crippen molar-refractivity contribution >= 4 is 29.1 Å². The second kappa shape index (κ2) is 5.68. The number of hydrogen-bond donors (Lipinski definition) is 0. The van der Waals surface area contributed by atoms with Gasteiger partial charge in [-0.25, -0.2) is 0 Å². The summed E-state index contributed by atoms with van der Waals surface area (Å²) >= 11 is 6.17. The lowest BCUT2D eigenvalue weighted by Crippen LogP contribution is -2.50. The molecule has 21 heavy (non-hydrogen) atoms. The largest absolute Gasteiger partial charge is 0.331 e. The molecule has 0 radical (unpaired) electrons. The van der Waals surface area contributed by atoms with Crippen molar-refractivity contribution < 1.29 is 9.59 Å². The maximum absolute atomic E-state index is 12.9. The van der Waals surface area contributed by atoms with E-state index in [0.29, 0.717) is 24.5 Å². The summed E-state index contributed by atoms with van der Waals surface area (Å²) in [5, 5.41) is 0.649. The van der Waals surface area contributed by atoms with Crippen molar-refractivity contribution in [1.29, 1.82) is 0 Å². The van der Waals surface area contributed by atoms with Gasteiger partial charge in [0.05, 0.1) is 0 Å². The van der Waals surface area contributed by atoms with Crippen molar-refractivity contribution in [3.8, 4) is 0 Å². The zero-order valence-electron chi connectivity index (χ0n) is 12.1. The highest BCUT2D eigenvalue weighted by Crippen LogP contribution is 2.31. The molecule has 5 heteroatoms. The Hall–Kier alpha value is -1.55. The SMILES string of the molecule is Cc1c(Cl)cccc1N1CCC(=O)N2CCCCC2C1=O. The van der Waals surface area contributed by atoms with Gasteiger partial charge in [-0.1, -0.05) is 17.7 Å². The Balaban J connectivity index is 1.97. The van der Waals surface area contributed by atoms with Crippen molar-refractivity contribution in [2.45, 2.75) is 38.6 Å². The summed E-state index contributed by atoms with van der Waals surface area (Å²) < 4.78 is 0. The minimum atomic E-state index is -0.299. The smallest absolute Gasteiger partial charge is 0.249 e. The summed E-state index contributed by atoms with van der Waals surface area (Å²) in [5.74, 6) is 0.126. The van der Waals surface area contributed by atoms with Crippen LogP contribution in [0.2, 0.25) is 5.02 Å². The van der Waals surface area contributed by atoms with Crippen LogP contribution in [0.5, 0.6) is 0 Å². The monoisotopic (exact) mass is 306 g/mol. The highest BCUT2D eigenvalue weighted by molar-refractivity contribution is 6.31. The fourth-order valence-corrected chi connectivity index (χ4v) is 3.43. The molecule has 2 aliphatic rings. The van der Waals surface area contributed by atoms with Crippen LogP contribution >= 0.6 is 11.6 Å². The molecule has 2 fully saturated rings. The van der Waals surface area contributed by atoms with E-state index in [1.54, 1.807) is 9.80 Å². The first kappa shape index (κ1) is 14.4. The summed E-state index contributed by atoms with van der Waals surface area (Å²) in [6.07, 6.45) is 3.14. The van der Waals surface area contributed by atoms with E-state index in [-0.39, 0.29) is 17.9 Å². The summed E-state index contributed by atoms with van der Waals surface area (Å²) in [6, 6.07) is 5.28.